The van der Waals surface area contributed by atoms with Crippen LogP contribution in [0.5, 0.6) is 0 Å². The molecule has 0 aliphatic rings. The van der Waals surface area contributed by atoms with Crippen LogP contribution in [0.1, 0.15) is 0 Å². The molecule has 0 fully saturated rings. The first kappa shape index (κ1) is 28.7. The van der Waals surface area contributed by atoms with E-state index in [1.165, 1.54) is 62.2 Å². The standard InChI is InChI=1S/C46H27N3S2/c1-2-12-28(13-3-1)37-27-38(35-20-11-19-33-31-16-5-8-22-41(31)50-44(33)35)48-46(47-37)29-14-10-15-30(26-29)49-39-21-7-4-18-36(39)43-40(49)25-24-34-32-17-6-9-23-42(32)51-45(34)43/h1-27H. The number of fused-ring (bicyclic) bond motifs is 10. The van der Waals surface area contributed by atoms with Gasteiger partial charge in [-0.2, -0.15) is 0 Å². The van der Waals surface area contributed by atoms with Crippen LogP contribution in [0, 0.1) is 0 Å². The molecule has 0 radical (unpaired) electrons. The summed E-state index contributed by atoms with van der Waals surface area (Å²) in [6, 6.07) is 58.6. The lowest BCUT2D eigenvalue weighted by Crippen LogP contribution is -1.98. The lowest BCUT2D eigenvalue weighted by molar-refractivity contribution is 1.16. The molecule has 5 heteroatoms. The first-order chi connectivity index (χ1) is 25.3. The van der Waals surface area contributed by atoms with Gasteiger partial charge in [0.1, 0.15) is 0 Å². The van der Waals surface area contributed by atoms with Gasteiger partial charge in [0.15, 0.2) is 5.82 Å². The van der Waals surface area contributed by atoms with E-state index in [1.54, 1.807) is 0 Å². The Morgan fingerprint density at radius 1 is 0.412 bits per heavy atom. The van der Waals surface area contributed by atoms with Crippen molar-refractivity contribution in [2.24, 2.45) is 0 Å². The van der Waals surface area contributed by atoms with Gasteiger partial charge in [0.25, 0.3) is 0 Å². The third-order valence-corrected chi connectivity index (χ3v) is 12.4. The smallest absolute Gasteiger partial charge is 0.160 e. The van der Waals surface area contributed by atoms with Gasteiger partial charge in [-0.05, 0) is 42.5 Å². The Bertz CT molecular complexity index is 3150. The normalized spacial score (nSPS) is 11.9. The zero-order valence-corrected chi connectivity index (χ0v) is 28.9. The van der Waals surface area contributed by atoms with E-state index in [9.17, 15) is 0 Å². The molecule has 51 heavy (non-hydrogen) atoms. The minimum absolute atomic E-state index is 0.707. The zero-order chi connectivity index (χ0) is 33.5. The first-order valence-electron chi connectivity index (χ1n) is 17.1. The molecule has 4 heterocycles. The van der Waals surface area contributed by atoms with E-state index in [0.717, 1.165) is 33.8 Å². The van der Waals surface area contributed by atoms with E-state index in [2.05, 4.69) is 162 Å². The van der Waals surface area contributed by atoms with Gasteiger partial charge in [0, 0.05) is 73.5 Å². The van der Waals surface area contributed by atoms with E-state index < -0.39 is 0 Å². The molecule has 11 aromatic rings. The quantitative estimate of drug-likeness (QED) is 0.185. The molecule has 0 N–H and O–H groups in total. The van der Waals surface area contributed by atoms with Crippen LogP contribution in [-0.4, -0.2) is 14.5 Å². The Hall–Kier alpha value is -6.14. The van der Waals surface area contributed by atoms with Crippen molar-refractivity contribution >= 4 is 84.8 Å². The lowest BCUT2D eigenvalue weighted by Gasteiger charge is -2.12. The summed E-state index contributed by atoms with van der Waals surface area (Å²) in [7, 11) is 0. The second-order valence-electron chi connectivity index (χ2n) is 12.9. The summed E-state index contributed by atoms with van der Waals surface area (Å²) in [5.74, 6) is 0.707. The van der Waals surface area contributed by atoms with Gasteiger partial charge >= 0.3 is 0 Å². The molecule has 0 amide bonds. The van der Waals surface area contributed by atoms with E-state index in [1.807, 2.05) is 28.7 Å². The molecule has 0 saturated heterocycles. The van der Waals surface area contributed by atoms with Gasteiger partial charge in [0.05, 0.1) is 22.4 Å². The van der Waals surface area contributed by atoms with Crippen molar-refractivity contribution in [3.63, 3.8) is 0 Å². The number of para-hydroxylation sites is 1. The van der Waals surface area contributed by atoms with Crippen LogP contribution < -0.4 is 0 Å². The third kappa shape index (κ3) is 4.42. The summed E-state index contributed by atoms with van der Waals surface area (Å²) < 4.78 is 7.58. The van der Waals surface area contributed by atoms with Crippen LogP contribution in [0.2, 0.25) is 0 Å². The number of hydrogen-bond donors (Lipinski definition) is 0. The topological polar surface area (TPSA) is 30.7 Å². The summed E-state index contributed by atoms with van der Waals surface area (Å²) in [5, 5.41) is 7.73. The van der Waals surface area contributed by atoms with Gasteiger partial charge < -0.3 is 4.57 Å². The molecule has 0 unspecified atom stereocenters. The maximum Gasteiger partial charge on any atom is 0.160 e. The number of hydrogen-bond acceptors (Lipinski definition) is 4. The number of nitrogens with zero attached hydrogens (tertiary/aromatic N) is 3. The van der Waals surface area contributed by atoms with Crippen LogP contribution in [0.3, 0.4) is 0 Å². The second-order valence-corrected chi connectivity index (χ2v) is 15.1. The average molecular weight is 686 g/mol. The van der Waals surface area contributed by atoms with Gasteiger partial charge in [-0.1, -0.05) is 121 Å². The van der Waals surface area contributed by atoms with Gasteiger partial charge in [0.2, 0.25) is 0 Å². The van der Waals surface area contributed by atoms with Crippen LogP contribution in [-0.2, 0) is 0 Å². The molecular weight excluding hydrogens is 659 g/mol. The van der Waals surface area contributed by atoms with E-state index in [4.69, 9.17) is 9.97 Å². The molecule has 0 bridgehead atoms. The molecule has 3 nitrogen and oxygen atoms in total. The molecule has 0 spiro atoms. The van der Waals surface area contributed by atoms with E-state index in [-0.39, 0.29) is 0 Å². The second kappa shape index (κ2) is 11.2. The lowest BCUT2D eigenvalue weighted by atomic mass is 10.0. The fraction of sp³-hybridized carbons (Fsp3) is 0. The molecule has 0 saturated carbocycles. The highest BCUT2D eigenvalue weighted by Gasteiger charge is 2.19. The summed E-state index contributed by atoms with van der Waals surface area (Å²) in [5.41, 5.74) is 8.46. The van der Waals surface area contributed by atoms with Gasteiger partial charge in [-0.15, -0.1) is 22.7 Å². The number of aromatic nitrogens is 3. The molecule has 238 valence electrons. The van der Waals surface area contributed by atoms with Crippen LogP contribution in [0.4, 0.5) is 0 Å². The maximum atomic E-state index is 5.32. The van der Waals surface area contributed by atoms with Crippen molar-refractivity contribution in [1.82, 2.24) is 14.5 Å². The predicted octanol–water partition coefficient (Wildman–Crippen LogP) is 13.3. The average Bonchev–Trinajstić information content (AvgIpc) is 3.88. The Labute approximate surface area is 301 Å². The Balaban J connectivity index is 1.14. The highest BCUT2D eigenvalue weighted by Crippen LogP contribution is 2.44. The number of thiophene rings is 2. The monoisotopic (exact) mass is 685 g/mol. The minimum atomic E-state index is 0.707. The molecule has 0 aliphatic heterocycles. The van der Waals surface area contributed by atoms with Crippen LogP contribution in [0.25, 0.3) is 102 Å². The Morgan fingerprint density at radius 3 is 1.86 bits per heavy atom. The minimum Gasteiger partial charge on any atom is -0.309 e. The highest BCUT2D eigenvalue weighted by molar-refractivity contribution is 7.27. The van der Waals surface area contributed by atoms with E-state index >= 15 is 0 Å². The molecule has 0 atom stereocenters. The van der Waals surface area contributed by atoms with Crippen molar-refractivity contribution in [2.45, 2.75) is 0 Å². The highest BCUT2D eigenvalue weighted by atomic mass is 32.1. The van der Waals surface area contributed by atoms with Crippen molar-refractivity contribution in [2.75, 3.05) is 0 Å². The van der Waals surface area contributed by atoms with E-state index in [0.29, 0.717) is 5.82 Å². The molecule has 7 aromatic carbocycles. The summed E-state index contributed by atoms with van der Waals surface area (Å²) in [6.07, 6.45) is 0. The Morgan fingerprint density at radius 2 is 1.04 bits per heavy atom. The molecule has 4 aromatic heterocycles. The number of rotatable bonds is 4. The van der Waals surface area contributed by atoms with Gasteiger partial charge in [-0.3, -0.25) is 0 Å². The Kier molecular flexibility index (Phi) is 6.29. The van der Waals surface area contributed by atoms with Gasteiger partial charge in [-0.25, -0.2) is 9.97 Å². The fourth-order valence-electron chi connectivity index (χ4n) is 7.72. The van der Waals surface area contributed by atoms with Crippen molar-refractivity contribution < 1.29 is 0 Å². The summed E-state index contributed by atoms with van der Waals surface area (Å²) >= 11 is 3.71. The largest absolute Gasteiger partial charge is 0.309 e. The van der Waals surface area contributed by atoms with Crippen molar-refractivity contribution in [3.05, 3.63) is 164 Å². The maximum absolute atomic E-state index is 5.32. The molecule has 0 aliphatic carbocycles. The summed E-state index contributed by atoms with van der Waals surface area (Å²) in [6.45, 7) is 0. The zero-order valence-electron chi connectivity index (χ0n) is 27.2. The van der Waals surface area contributed by atoms with Crippen molar-refractivity contribution in [3.8, 4) is 39.6 Å². The molecular formula is C46H27N3S2. The molecule has 11 rings (SSSR count). The van der Waals surface area contributed by atoms with Crippen molar-refractivity contribution in [1.29, 1.82) is 0 Å². The summed E-state index contributed by atoms with van der Waals surface area (Å²) in [4.78, 5) is 10.5. The van der Waals surface area contributed by atoms with Crippen LogP contribution in [0.15, 0.2) is 164 Å². The number of benzene rings is 7. The third-order valence-electron chi connectivity index (χ3n) is 10.0. The SMILES string of the molecule is c1ccc(-c2cc(-c3cccc4c3sc3ccccc34)nc(-c3cccc(-n4c5ccccc5c5c6sc7ccccc7c6ccc54)c3)n2)cc1. The fourth-order valence-corrected chi connectivity index (χ4v) is 10.2. The van der Waals surface area contributed by atoms with Crippen LogP contribution >= 0.6 is 22.7 Å². The predicted molar refractivity (Wildman–Crippen MR) is 218 cm³/mol. The first-order valence-corrected chi connectivity index (χ1v) is 18.7.